The zero-order valence-corrected chi connectivity index (χ0v) is 5.65. The summed E-state index contributed by atoms with van der Waals surface area (Å²) in [5, 5.41) is 0. The van der Waals surface area contributed by atoms with Crippen LogP contribution >= 0.6 is 0 Å². The predicted molar refractivity (Wildman–Crippen MR) is 36.5 cm³/mol. The number of allylic oxidation sites excluding steroid dienone is 2. The first kappa shape index (κ1) is 5.87. The molecular formula is C8H13. The Morgan fingerprint density at radius 3 is 2.88 bits per heavy atom. The predicted octanol–water partition coefficient (Wildman–Crippen LogP) is 2.57. The Hall–Kier alpha value is -0.260. The molecule has 1 saturated carbocycles. The maximum absolute atomic E-state index is 2.36. The molecule has 8 heavy (non-hydrogen) atoms. The Balaban J connectivity index is 2.27. The van der Waals surface area contributed by atoms with Gasteiger partial charge in [0.25, 0.3) is 0 Å². The molecule has 0 saturated heterocycles. The summed E-state index contributed by atoms with van der Waals surface area (Å²) >= 11 is 0. The molecule has 1 fully saturated rings. The van der Waals surface area contributed by atoms with Crippen LogP contribution in [0.25, 0.3) is 0 Å². The molecule has 1 unspecified atom stereocenters. The minimum absolute atomic E-state index is 0.843. The van der Waals surface area contributed by atoms with Gasteiger partial charge in [-0.15, -0.1) is 0 Å². The first-order chi connectivity index (χ1) is 3.83. The monoisotopic (exact) mass is 109 g/mol. The molecule has 0 nitrogen and oxygen atoms in total. The van der Waals surface area contributed by atoms with Crippen molar-refractivity contribution < 1.29 is 0 Å². The van der Waals surface area contributed by atoms with Crippen molar-refractivity contribution >= 4 is 0 Å². The molecular weight excluding hydrogens is 96.1 g/mol. The van der Waals surface area contributed by atoms with E-state index in [2.05, 4.69) is 26.3 Å². The van der Waals surface area contributed by atoms with E-state index in [1.807, 2.05) is 0 Å². The highest BCUT2D eigenvalue weighted by Crippen LogP contribution is 2.30. The molecule has 0 bridgehead atoms. The number of hydrogen-bond donors (Lipinski definition) is 0. The van der Waals surface area contributed by atoms with Crippen molar-refractivity contribution in [1.29, 1.82) is 0 Å². The van der Waals surface area contributed by atoms with Gasteiger partial charge in [0.2, 0.25) is 0 Å². The first-order valence-corrected chi connectivity index (χ1v) is 3.33. The molecule has 0 aromatic carbocycles. The highest BCUT2D eigenvalue weighted by atomic mass is 14.2. The van der Waals surface area contributed by atoms with E-state index in [-0.39, 0.29) is 0 Å². The second-order valence-corrected chi connectivity index (χ2v) is 2.50. The largest absolute Gasteiger partial charge is 0.0822 e. The Morgan fingerprint density at radius 1 is 1.88 bits per heavy atom. The molecule has 1 rings (SSSR count). The van der Waals surface area contributed by atoms with Crippen molar-refractivity contribution in [2.24, 2.45) is 5.92 Å². The van der Waals surface area contributed by atoms with E-state index in [0.29, 0.717) is 0 Å². The summed E-state index contributed by atoms with van der Waals surface area (Å²) in [6.07, 6.45) is 7.22. The average Bonchev–Trinajstić information content (AvgIpc) is 2.50. The minimum Gasteiger partial charge on any atom is -0.0822 e. The Morgan fingerprint density at radius 2 is 2.50 bits per heavy atom. The molecule has 0 aromatic heterocycles. The molecule has 0 N–H and O–H groups in total. The van der Waals surface area contributed by atoms with Gasteiger partial charge in [0.05, 0.1) is 0 Å². The van der Waals surface area contributed by atoms with Gasteiger partial charge in [0.15, 0.2) is 0 Å². The highest BCUT2D eigenvalue weighted by Gasteiger charge is 2.18. The molecule has 0 heteroatoms. The molecule has 1 radical (unpaired) electrons. The Kier molecular flexibility index (Phi) is 1.72. The van der Waals surface area contributed by atoms with Gasteiger partial charge in [-0.1, -0.05) is 18.6 Å². The van der Waals surface area contributed by atoms with E-state index in [1.54, 1.807) is 0 Å². The second-order valence-electron chi connectivity index (χ2n) is 2.50. The fourth-order valence-electron chi connectivity index (χ4n) is 0.698. The van der Waals surface area contributed by atoms with E-state index >= 15 is 0 Å². The van der Waals surface area contributed by atoms with Crippen LogP contribution in [0.5, 0.6) is 0 Å². The molecule has 1 aliphatic carbocycles. The summed E-state index contributed by atoms with van der Waals surface area (Å²) in [5.41, 5.74) is 1.53. The average molecular weight is 109 g/mol. The maximum atomic E-state index is 2.36. The summed E-state index contributed by atoms with van der Waals surface area (Å²) in [6.45, 7) is 4.40. The third-order valence-corrected chi connectivity index (χ3v) is 1.56. The molecule has 0 aromatic rings. The molecule has 1 atom stereocenters. The SMILES string of the molecule is CCC(C)=CC1[CH]C1. The van der Waals surface area contributed by atoms with E-state index in [4.69, 9.17) is 0 Å². The van der Waals surface area contributed by atoms with E-state index < -0.39 is 0 Å². The molecule has 0 amide bonds. The van der Waals surface area contributed by atoms with Gasteiger partial charge in [0, 0.05) is 0 Å². The van der Waals surface area contributed by atoms with Crippen LogP contribution in [0, 0.1) is 12.3 Å². The van der Waals surface area contributed by atoms with Crippen LogP contribution in [0.3, 0.4) is 0 Å². The molecule has 0 aliphatic heterocycles. The van der Waals surface area contributed by atoms with E-state index in [0.717, 1.165) is 5.92 Å². The first-order valence-electron chi connectivity index (χ1n) is 3.33. The lowest BCUT2D eigenvalue weighted by Crippen LogP contribution is -1.71. The minimum atomic E-state index is 0.843. The lowest BCUT2D eigenvalue weighted by molar-refractivity contribution is 1.03. The molecule has 0 heterocycles. The number of rotatable bonds is 2. The van der Waals surface area contributed by atoms with Crippen LogP contribution in [0.1, 0.15) is 26.7 Å². The lowest BCUT2D eigenvalue weighted by Gasteiger charge is -1.89. The quantitative estimate of drug-likeness (QED) is 0.478. The van der Waals surface area contributed by atoms with E-state index in [9.17, 15) is 0 Å². The summed E-state index contributed by atoms with van der Waals surface area (Å²) in [6, 6.07) is 0. The highest BCUT2D eigenvalue weighted by molar-refractivity contribution is 5.13. The number of hydrogen-bond acceptors (Lipinski definition) is 0. The summed E-state index contributed by atoms with van der Waals surface area (Å²) < 4.78 is 0. The van der Waals surface area contributed by atoms with Crippen molar-refractivity contribution in [3.05, 3.63) is 18.1 Å². The zero-order chi connectivity index (χ0) is 5.98. The van der Waals surface area contributed by atoms with Gasteiger partial charge < -0.3 is 0 Å². The Labute approximate surface area is 51.6 Å². The van der Waals surface area contributed by atoms with Crippen LogP contribution in [-0.2, 0) is 0 Å². The van der Waals surface area contributed by atoms with Crippen molar-refractivity contribution in [2.45, 2.75) is 26.7 Å². The molecule has 45 valence electrons. The van der Waals surface area contributed by atoms with Crippen molar-refractivity contribution in [3.63, 3.8) is 0 Å². The lowest BCUT2D eigenvalue weighted by atomic mass is 10.2. The third kappa shape index (κ3) is 1.69. The normalized spacial score (nSPS) is 21.5. The van der Waals surface area contributed by atoms with Crippen molar-refractivity contribution in [1.82, 2.24) is 0 Å². The van der Waals surface area contributed by atoms with Gasteiger partial charge >= 0.3 is 0 Å². The third-order valence-electron chi connectivity index (χ3n) is 1.56. The van der Waals surface area contributed by atoms with Crippen LogP contribution in [0.15, 0.2) is 11.6 Å². The van der Waals surface area contributed by atoms with Gasteiger partial charge in [0.1, 0.15) is 0 Å². The van der Waals surface area contributed by atoms with Crippen LogP contribution in [-0.4, -0.2) is 0 Å². The zero-order valence-electron chi connectivity index (χ0n) is 5.65. The van der Waals surface area contributed by atoms with Gasteiger partial charge in [-0.3, -0.25) is 0 Å². The fourth-order valence-corrected chi connectivity index (χ4v) is 0.698. The topological polar surface area (TPSA) is 0 Å². The van der Waals surface area contributed by atoms with E-state index in [1.165, 1.54) is 18.4 Å². The summed E-state index contributed by atoms with van der Waals surface area (Å²) in [5.74, 6) is 0.843. The summed E-state index contributed by atoms with van der Waals surface area (Å²) in [7, 11) is 0. The van der Waals surface area contributed by atoms with Gasteiger partial charge in [-0.2, -0.15) is 0 Å². The molecule has 1 aliphatic rings. The van der Waals surface area contributed by atoms with Crippen molar-refractivity contribution in [3.8, 4) is 0 Å². The van der Waals surface area contributed by atoms with Gasteiger partial charge in [-0.05, 0) is 32.1 Å². The van der Waals surface area contributed by atoms with Crippen LogP contribution in [0.2, 0.25) is 0 Å². The molecule has 0 spiro atoms. The maximum Gasteiger partial charge on any atom is -0.0197 e. The smallest absolute Gasteiger partial charge is 0.0197 e. The standard InChI is InChI=1S/C8H13/c1-3-7(2)6-8-4-5-8/h4,6,8H,3,5H2,1-2H3. The second kappa shape index (κ2) is 2.34. The fraction of sp³-hybridized carbons (Fsp3) is 0.625. The van der Waals surface area contributed by atoms with Gasteiger partial charge in [-0.25, -0.2) is 0 Å². The Bertz CT molecular complexity index is 96.6. The van der Waals surface area contributed by atoms with Crippen LogP contribution in [0.4, 0.5) is 0 Å². The summed E-state index contributed by atoms with van der Waals surface area (Å²) in [4.78, 5) is 0. The van der Waals surface area contributed by atoms with Crippen molar-refractivity contribution in [2.75, 3.05) is 0 Å². The van der Waals surface area contributed by atoms with Crippen LogP contribution < -0.4 is 0 Å².